The maximum absolute atomic E-state index is 13.2. The quantitative estimate of drug-likeness (QED) is 0.309. The SMILES string of the molecule is COC(O)C1CCC(CNC(=O)c2cccc3ccn(Cc4ccc(-c5ccccc5)cc4)c23)CC1. The number of hydrogen-bond donors (Lipinski definition) is 2. The summed E-state index contributed by atoms with van der Waals surface area (Å²) in [5.41, 5.74) is 5.27. The molecule has 1 aliphatic rings. The summed E-state index contributed by atoms with van der Waals surface area (Å²) in [7, 11) is 1.55. The number of methoxy groups -OCH3 is 1. The van der Waals surface area contributed by atoms with E-state index in [1.165, 1.54) is 16.7 Å². The number of aromatic nitrogens is 1. The van der Waals surface area contributed by atoms with E-state index in [1.54, 1.807) is 7.11 Å². The first-order chi connectivity index (χ1) is 17.6. The summed E-state index contributed by atoms with van der Waals surface area (Å²) in [6.07, 6.45) is 5.22. The average molecular weight is 483 g/mol. The summed E-state index contributed by atoms with van der Waals surface area (Å²) in [4.78, 5) is 13.2. The number of amides is 1. The zero-order chi connectivity index (χ0) is 24.9. The van der Waals surface area contributed by atoms with Gasteiger partial charge in [0.2, 0.25) is 0 Å². The van der Waals surface area contributed by atoms with Gasteiger partial charge in [0.25, 0.3) is 5.91 Å². The van der Waals surface area contributed by atoms with E-state index in [0.29, 0.717) is 24.6 Å². The maximum atomic E-state index is 13.2. The minimum atomic E-state index is -0.680. The molecular weight excluding hydrogens is 448 g/mol. The van der Waals surface area contributed by atoms with Crippen LogP contribution in [0.4, 0.5) is 0 Å². The molecule has 4 aromatic rings. The maximum Gasteiger partial charge on any atom is 0.253 e. The number of aliphatic hydroxyl groups excluding tert-OH is 1. The Kier molecular flexibility index (Phi) is 7.49. The van der Waals surface area contributed by atoms with E-state index in [1.807, 2.05) is 18.2 Å². The van der Waals surface area contributed by atoms with Crippen molar-refractivity contribution in [3.63, 3.8) is 0 Å². The van der Waals surface area contributed by atoms with Crippen molar-refractivity contribution in [3.8, 4) is 11.1 Å². The first-order valence-electron chi connectivity index (χ1n) is 12.8. The molecule has 186 valence electrons. The molecule has 0 saturated heterocycles. The van der Waals surface area contributed by atoms with E-state index in [2.05, 4.69) is 76.7 Å². The summed E-state index contributed by atoms with van der Waals surface area (Å²) in [6.45, 7) is 1.36. The van der Waals surface area contributed by atoms with Crippen LogP contribution in [0.5, 0.6) is 0 Å². The second-order valence-electron chi connectivity index (χ2n) is 9.87. The molecule has 1 fully saturated rings. The molecule has 1 heterocycles. The molecule has 2 N–H and O–H groups in total. The van der Waals surface area contributed by atoms with Crippen LogP contribution in [-0.4, -0.2) is 35.5 Å². The number of carbonyl (C=O) groups is 1. The van der Waals surface area contributed by atoms with Crippen molar-refractivity contribution in [1.82, 2.24) is 9.88 Å². The number of aliphatic hydroxyl groups is 1. The number of carbonyl (C=O) groups excluding carboxylic acids is 1. The molecule has 1 aliphatic carbocycles. The number of fused-ring (bicyclic) bond motifs is 1. The highest BCUT2D eigenvalue weighted by Gasteiger charge is 2.26. The standard InChI is InChI=1S/C31H34N2O3/c1-36-31(35)27-16-10-22(11-17-27)20-32-30(34)28-9-5-8-26-18-19-33(29(26)28)21-23-12-14-25(15-13-23)24-6-3-2-4-7-24/h2-9,12-15,18-19,22,27,31,35H,10-11,16-17,20-21H2,1H3,(H,32,34). The van der Waals surface area contributed by atoms with Crippen LogP contribution in [0.3, 0.4) is 0 Å². The number of benzene rings is 3. The second-order valence-corrected chi connectivity index (χ2v) is 9.87. The smallest absolute Gasteiger partial charge is 0.253 e. The molecule has 5 rings (SSSR count). The van der Waals surface area contributed by atoms with Gasteiger partial charge in [0.05, 0.1) is 11.1 Å². The second kappa shape index (κ2) is 11.1. The van der Waals surface area contributed by atoms with Gasteiger partial charge < -0.3 is 19.7 Å². The summed E-state index contributed by atoms with van der Waals surface area (Å²) >= 11 is 0. The van der Waals surface area contributed by atoms with E-state index < -0.39 is 6.29 Å². The summed E-state index contributed by atoms with van der Waals surface area (Å²) in [5.74, 6) is 0.600. The number of rotatable bonds is 8. The number of nitrogens with zero attached hydrogens (tertiary/aromatic N) is 1. The van der Waals surface area contributed by atoms with Crippen molar-refractivity contribution >= 4 is 16.8 Å². The van der Waals surface area contributed by atoms with Crippen LogP contribution in [0, 0.1) is 11.8 Å². The highest BCUT2D eigenvalue weighted by molar-refractivity contribution is 6.06. The third kappa shape index (κ3) is 5.38. The average Bonchev–Trinajstić information content (AvgIpc) is 3.35. The predicted molar refractivity (Wildman–Crippen MR) is 144 cm³/mol. The molecule has 1 unspecified atom stereocenters. The number of ether oxygens (including phenoxy) is 1. The van der Waals surface area contributed by atoms with Crippen molar-refractivity contribution < 1.29 is 14.6 Å². The fourth-order valence-electron chi connectivity index (χ4n) is 5.41. The van der Waals surface area contributed by atoms with Crippen LogP contribution in [0.25, 0.3) is 22.0 Å². The van der Waals surface area contributed by atoms with Gasteiger partial charge in [-0.15, -0.1) is 0 Å². The lowest BCUT2D eigenvalue weighted by Gasteiger charge is -2.30. The molecule has 0 spiro atoms. The molecule has 3 aromatic carbocycles. The third-order valence-corrected chi connectivity index (χ3v) is 7.53. The Labute approximate surface area is 212 Å². The zero-order valence-electron chi connectivity index (χ0n) is 20.8. The molecule has 1 atom stereocenters. The van der Waals surface area contributed by atoms with E-state index in [9.17, 15) is 9.90 Å². The van der Waals surface area contributed by atoms with Gasteiger partial charge in [0, 0.05) is 37.7 Å². The van der Waals surface area contributed by atoms with Crippen molar-refractivity contribution in [2.24, 2.45) is 11.8 Å². The Balaban J connectivity index is 1.26. The van der Waals surface area contributed by atoms with Crippen molar-refractivity contribution in [2.45, 2.75) is 38.5 Å². The highest BCUT2D eigenvalue weighted by Crippen LogP contribution is 2.31. The number of hydrogen-bond acceptors (Lipinski definition) is 3. The minimum Gasteiger partial charge on any atom is -0.368 e. The van der Waals surface area contributed by atoms with Gasteiger partial charge in [0.1, 0.15) is 0 Å². The molecule has 0 aliphatic heterocycles. The van der Waals surface area contributed by atoms with Gasteiger partial charge in [0.15, 0.2) is 6.29 Å². The molecule has 5 nitrogen and oxygen atoms in total. The molecule has 0 bridgehead atoms. The van der Waals surface area contributed by atoms with Crippen molar-refractivity contribution in [2.75, 3.05) is 13.7 Å². The Hall–Kier alpha value is -3.41. The molecule has 0 radical (unpaired) electrons. The molecule has 1 amide bonds. The molecule has 36 heavy (non-hydrogen) atoms. The van der Waals surface area contributed by atoms with Crippen LogP contribution in [0.15, 0.2) is 85.1 Å². The zero-order valence-corrected chi connectivity index (χ0v) is 20.8. The van der Waals surface area contributed by atoms with Crippen LogP contribution in [0.2, 0.25) is 0 Å². The highest BCUT2D eigenvalue weighted by atomic mass is 16.6. The van der Waals surface area contributed by atoms with E-state index >= 15 is 0 Å². The van der Waals surface area contributed by atoms with Gasteiger partial charge in [-0.3, -0.25) is 4.79 Å². The minimum absolute atomic E-state index is 0.0287. The van der Waals surface area contributed by atoms with E-state index in [-0.39, 0.29) is 11.8 Å². The molecule has 1 saturated carbocycles. The lowest BCUT2D eigenvalue weighted by atomic mass is 9.81. The Bertz CT molecular complexity index is 1290. The Morgan fingerprint density at radius 2 is 1.67 bits per heavy atom. The van der Waals surface area contributed by atoms with Gasteiger partial charge >= 0.3 is 0 Å². The lowest BCUT2D eigenvalue weighted by Crippen LogP contribution is -2.34. The van der Waals surface area contributed by atoms with Crippen molar-refractivity contribution in [1.29, 1.82) is 0 Å². The fourth-order valence-corrected chi connectivity index (χ4v) is 5.41. The van der Waals surface area contributed by atoms with Crippen molar-refractivity contribution in [3.05, 3.63) is 96.2 Å². The predicted octanol–water partition coefficient (Wildman–Crippen LogP) is 5.86. The summed E-state index contributed by atoms with van der Waals surface area (Å²) in [5, 5.41) is 14.2. The molecule has 1 aromatic heterocycles. The van der Waals surface area contributed by atoms with Crippen LogP contribution in [0.1, 0.15) is 41.6 Å². The van der Waals surface area contributed by atoms with Crippen LogP contribution >= 0.6 is 0 Å². The summed E-state index contributed by atoms with van der Waals surface area (Å²) in [6, 6.07) is 27.0. The van der Waals surface area contributed by atoms with Gasteiger partial charge in [-0.25, -0.2) is 0 Å². The van der Waals surface area contributed by atoms with E-state index in [4.69, 9.17) is 4.74 Å². The largest absolute Gasteiger partial charge is 0.368 e. The molecule has 5 heteroatoms. The normalized spacial score (nSPS) is 18.7. The van der Waals surface area contributed by atoms with Crippen LogP contribution in [-0.2, 0) is 11.3 Å². The number of para-hydroxylation sites is 1. The summed E-state index contributed by atoms with van der Waals surface area (Å²) < 4.78 is 7.24. The topological polar surface area (TPSA) is 63.5 Å². The Morgan fingerprint density at radius 1 is 0.944 bits per heavy atom. The fraction of sp³-hybridized carbons (Fsp3) is 0.323. The molecular formula is C31H34N2O3. The van der Waals surface area contributed by atoms with Gasteiger partial charge in [-0.1, -0.05) is 66.7 Å². The third-order valence-electron chi connectivity index (χ3n) is 7.53. The first-order valence-corrected chi connectivity index (χ1v) is 12.8. The lowest BCUT2D eigenvalue weighted by molar-refractivity contribution is -0.122. The number of nitrogens with one attached hydrogen (secondary N) is 1. The first kappa shape index (κ1) is 24.3. The monoisotopic (exact) mass is 482 g/mol. The van der Waals surface area contributed by atoms with Crippen LogP contribution < -0.4 is 5.32 Å². The van der Waals surface area contributed by atoms with Gasteiger partial charge in [-0.05, 0) is 60.4 Å². The Morgan fingerprint density at radius 3 is 2.39 bits per heavy atom. The van der Waals surface area contributed by atoms with E-state index in [0.717, 1.165) is 36.6 Å². The van der Waals surface area contributed by atoms with Gasteiger partial charge in [-0.2, -0.15) is 0 Å².